The second kappa shape index (κ2) is 7.72. The highest BCUT2D eigenvalue weighted by atomic mass is 19.2. The van der Waals surface area contributed by atoms with Gasteiger partial charge in [0, 0.05) is 35.8 Å². The van der Waals surface area contributed by atoms with Crippen molar-refractivity contribution in [2.45, 2.75) is 38.8 Å². The van der Waals surface area contributed by atoms with Crippen LogP contribution in [0, 0.1) is 11.6 Å². The lowest BCUT2D eigenvalue weighted by Crippen LogP contribution is -2.31. The maximum absolute atomic E-state index is 13.1. The number of aromatic nitrogens is 2. The van der Waals surface area contributed by atoms with Crippen molar-refractivity contribution in [2.75, 3.05) is 13.2 Å². The molecule has 0 aliphatic carbocycles. The van der Waals surface area contributed by atoms with Crippen molar-refractivity contribution in [3.8, 4) is 5.75 Å². The summed E-state index contributed by atoms with van der Waals surface area (Å²) >= 11 is 0. The fraction of sp³-hybridized carbons (Fsp3) is 0.471. The third-order valence-electron chi connectivity index (χ3n) is 3.50. The molecule has 24 heavy (non-hydrogen) atoms. The molecule has 0 radical (unpaired) electrons. The molecule has 0 saturated heterocycles. The van der Waals surface area contributed by atoms with Gasteiger partial charge in [0.15, 0.2) is 11.6 Å². The fourth-order valence-electron chi connectivity index (χ4n) is 2.29. The molecule has 1 aromatic carbocycles. The van der Waals surface area contributed by atoms with Gasteiger partial charge < -0.3 is 15.2 Å². The highest BCUT2D eigenvalue weighted by Crippen LogP contribution is 2.23. The predicted octanol–water partition coefficient (Wildman–Crippen LogP) is 2.51. The Labute approximate surface area is 140 Å². The lowest BCUT2D eigenvalue weighted by atomic mass is 9.89. The summed E-state index contributed by atoms with van der Waals surface area (Å²) in [7, 11) is 0. The van der Waals surface area contributed by atoms with Crippen molar-refractivity contribution in [1.29, 1.82) is 0 Å². The van der Waals surface area contributed by atoms with Gasteiger partial charge in [-0.1, -0.05) is 20.8 Å². The molecule has 0 spiro atoms. The van der Waals surface area contributed by atoms with Crippen LogP contribution < -0.4 is 10.1 Å². The minimum Gasteiger partial charge on any atom is -0.491 e. The molecule has 132 valence electrons. The third kappa shape index (κ3) is 5.01. The van der Waals surface area contributed by atoms with E-state index in [1.54, 1.807) is 6.20 Å². The monoisotopic (exact) mass is 339 g/mol. The number of hydrogen-bond acceptors (Lipinski definition) is 4. The number of nitrogens with zero attached hydrogens (tertiary/aromatic N) is 1. The first-order valence-electron chi connectivity index (χ1n) is 7.76. The molecule has 2 aromatic rings. The number of benzene rings is 1. The summed E-state index contributed by atoms with van der Waals surface area (Å²) in [5, 5.41) is 20.1. The highest BCUT2D eigenvalue weighted by Gasteiger charge is 2.19. The van der Waals surface area contributed by atoms with Gasteiger partial charge >= 0.3 is 0 Å². The molecule has 0 bridgehead atoms. The molecule has 1 heterocycles. The van der Waals surface area contributed by atoms with Gasteiger partial charge in [0.25, 0.3) is 0 Å². The quantitative estimate of drug-likeness (QED) is 0.725. The Morgan fingerprint density at radius 1 is 1.29 bits per heavy atom. The van der Waals surface area contributed by atoms with Gasteiger partial charge in [-0.05, 0) is 12.1 Å². The van der Waals surface area contributed by atoms with E-state index in [0.29, 0.717) is 13.1 Å². The zero-order chi connectivity index (χ0) is 17.7. The Morgan fingerprint density at radius 2 is 2.04 bits per heavy atom. The first kappa shape index (κ1) is 18.4. The van der Waals surface area contributed by atoms with Crippen LogP contribution in [-0.2, 0) is 12.0 Å². The molecular weight excluding hydrogens is 316 g/mol. The average molecular weight is 339 g/mol. The summed E-state index contributed by atoms with van der Waals surface area (Å²) in [4.78, 5) is 0. The normalized spacial score (nSPS) is 13.1. The second-order valence-electron chi connectivity index (χ2n) is 6.69. The topological polar surface area (TPSA) is 70.2 Å². The summed E-state index contributed by atoms with van der Waals surface area (Å²) in [6.45, 7) is 7.12. The van der Waals surface area contributed by atoms with Gasteiger partial charge in [-0.2, -0.15) is 5.10 Å². The standard InChI is InChI=1S/C17H23F2N3O2/c1-17(2,3)16-11(8-21-22-16)7-20-9-12(23)10-24-13-4-5-14(18)15(19)6-13/h4-6,8,12,20,23H,7,9-10H2,1-3H3,(H,21,22). The molecule has 1 aromatic heterocycles. The first-order valence-corrected chi connectivity index (χ1v) is 7.76. The highest BCUT2D eigenvalue weighted by molar-refractivity contribution is 5.24. The van der Waals surface area contributed by atoms with Crippen LogP contribution in [-0.4, -0.2) is 34.6 Å². The Hall–Kier alpha value is -1.99. The fourth-order valence-corrected chi connectivity index (χ4v) is 2.29. The van der Waals surface area contributed by atoms with E-state index >= 15 is 0 Å². The van der Waals surface area contributed by atoms with E-state index in [1.807, 2.05) is 0 Å². The van der Waals surface area contributed by atoms with E-state index in [-0.39, 0.29) is 17.8 Å². The minimum atomic E-state index is -0.977. The number of aliphatic hydroxyl groups is 1. The molecule has 1 atom stereocenters. The van der Waals surface area contributed by atoms with E-state index in [4.69, 9.17) is 4.74 Å². The van der Waals surface area contributed by atoms with Crippen molar-refractivity contribution < 1.29 is 18.6 Å². The van der Waals surface area contributed by atoms with E-state index in [1.165, 1.54) is 6.07 Å². The van der Waals surface area contributed by atoms with Gasteiger partial charge in [-0.25, -0.2) is 8.78 Å². The summed E-state index contributed by atoms with van der Waals surface area (Å²) in [6, 6.07) is 3.26. The van der Waals surface area contributed by atoms with Crippen molar-refractivity contribution in [3.63, 3.8) is 0 Å². The molecule has 0 saturated carbocycles. The number of halogens is 2. The van der Waals surface area contributed by atoms with E-state index in [0.717, 1.165) is 23.4 Å². The molecule has 0 fully saturated rings. The molecule has 0 aliphatic rings. The lowest BCUT2D eigenvalue weighted by Gasteiger charge is -2.19. The number of rotatable bonds is 7. The van der Waals surface area contributed by atoms with E-state index in [9.17, 15) is 13.9 Å². The van der Waals surface area contributed by atoms with Gasteiger partial charge in [0.1, 0.15) is 18.5 Å². The molecule has 2 rings (SSSR count). The lowest BCUT2D eigenvalue weighted by molar-refractivity contribution is 0.106. The molecule has 5 nitrogen and oxygen atoms in total. The smallest absolute Gasteiger partial charge is 0.162 e. The van der Waals surface area contributed by atoms with Crippen LogP contribution in [0.25, 0.3) is 0 Å². The number of aromatic amines is 1. The number of nitrogens with one attached hydrogen (secondary N) is 2. The average Bonchev–Trinajstić information content (AvgIpc) is 2.97. The summed E-state index contributed by atoms with van der Waals surface area (Å²) in [5.41, 5.74) is 2.04. The van der Waals surface area contributed by atoms with Crippen LogP contribution >= 0.6 is 0 Å². The van der Waals surface area contributed by atoms with Crippen molar-refractivity contribution in [2.24, 2.45) is 0 Å². The van der Waals surface area contributed by atoms with Gasteiger partial charge in [-0.3, -0.25) is 5.10 Å². The number of H-pyrrole nitrogens is 1. The van der Waals surface area contributed by atoms with Crippen molar-refractivity contribution in [1.82, 2.24) is 15.5 Å². The molecule has 0 amide bonds. The Bertz CT molecular complexity index is 668. The SMILES string of the molecule is CC(C)(C)c1[nH]ncc1CNCC(O)COc1ccc(F)c(F)c1. The van der Waals surface area contributed by atoms with Crippen LogP contribution in [0.5, 0.6) is 5.75 Å². The molecule has 1 unspecified atom stereocenters. The zero-order valence-corrected chi connectivity index (χ0v) is 14.1. The van der Waals surface area contributed by atoms with Gasteiger partial charge in [0.05, 0.1) is 6.20 Å². The Morgan fingerprint density at radius 3 is 2.71 bits per heavy atom. The van der Waals surface area contributed by atoms with Gasteiger partial charge in [-0.15, -0.1) is 0 Å². The summed E-state index contributed by atoms with van der Waals surface area (Å²) in [5.74, 6) is -1.73. The predicted molar refractivity (Wildman–Crippen MR) is 86.9 cm³/mol. The van der Waals surface area contributed by atoms with Crippen LogP contribution in [0.4, 0.5) is 8.78 Å². The number of aliphatic hydroxyl groups excluding tert-OH is 1. The molecule has 0 aliphatic heterocycles. The third-order valence-corrected chi connectivity index (χ3v) is 3.50. The zero-order valence-electron chi connectivity index (χ0n) is 14.1. The van der Waals surface area contributed by atoms with Crippen LogP contribution in [0.2, 0.25) is 0 Å². The van der Waals surface area contributed by atoms with Crippen molar-refractivity contribution in [3.05, 3.63) is 47.3 Å². The van der Waals surface area contributed by atoms with Crippen LogP contribution in [0.15, 0.2) is 24.4 Å². The molecule has 7 heteroatoms. The Balaban J connectivity index is 1.76. The minimum absolute atomic E-state index is 0.0183. The first-order chi connectivity index (χ1) is 11.3. The second-order valence-corrected chi connectivity index (χ2v) is 6.69. The number of hydrogen-bond donors (Lipinski definition) is 3. The molecular formula is C17H23F2N3O2. The summed E-state index contributed by atoms with van der Waals surface area (Å²) in [6.07, 6.45) is 0.987. The van der Waals surface area contributed by atoms with Crippen LogP contribution in [0.3, 0.4) is 0 Å². The number of ether oxygens (including phenoxy) is 1. The Kier molecular flexibility index (Phi) is 5.90. The van der Waals surface area contributed by atoms with E-state index in [2.05, 4.69) is 36.3 Å². The maximum atomic E-state index is 13.1. The van der Waals surface area contributed by atoms with Gasteiger partial charge in [0.2, 0.25) is 0 Å². The maximum Gasteiger partial charge on any atom is 0.162 e. The largest absolute Gasteiger partial charge is 0.491 e. The van der Waals surface area contributed by atoms with Crippen molar-refractivity contribution >= 4 is 0 Å². The summed E-state index contributed by atoms with van der Waals surface area (Å²) < 4.78 is 31.1. The molecule has 3 N–H and O–H groups in total. The van der Waals surface area contributed by atoms with Crippen LogP contribution in [0.1, 0.15) is 32.0 Å². The van der Waals surface area contributed by atoms with E-state index < -0.39 is 17.7 Å².